The Bertz CT molecular complexity index is 354. The van der Waals surface area contributed by atoms with Crippen molar-refractivity contribution in [2.75, 3.05) is 18.0 Å². The molecule has 1 saturated heterocycles. The Kier molecular flexibility index (Phi) is 4.66. The average Bonchev–Trinajstić information content (AvgIpc) is 2.64. The number of hydrogen-bond acceptors (Lipinski definition) is 2. The van der Waals surface area contributed by atoms with E-state index in [0.717, 1.165) is 30.4 Å². The van der Waals surface area contributed by atoms with Crippen molar-refractivity contribution in [2.45, 2.75) is 38.5 Å². The molecule has 0 amide bonds. The summed E-state index contributed by atoms with van der Waals surface area (Å²) in [6.07, 6.45) is 7.12. The van der Waals surface area contributed by atoms with Crippen LogP contribution in [0.4, 0.5) is 5.82 Å². The molecule has 0 aromatic carbocycles. The third-order valence-corrected chi connectivity index (χ3v) is 4.02. The zero-order valence-corrected chi connectivity index (χ0v) is 11.3. The van der Waals surface area contributed by atoms with Crippen molar-refractivity contribution in [3.8, 4) is 0 Å². The second-order valence-electron chi connectivity index (χ2n) is 4.85. The lowest BCUT2D eigenvalue weighted by Gasteiger charge is -2.22. The lowest BCUT2D eigenvalue weighted by atomic mass is 9.98. The van der Waals surface area contributed by atoms with Crippen LogP contribution in [0.5, 0.6) is 0 Å². The molecule has 3 heteroatoms. The number of rotatable bonds is 3. The Morgan fingerprint density at radius 2 is 2.29 bits per heavy atom. The number of halogens is 1. The smallest absolute Gasteiger partial charge is 0.128 e. The minimum atomic E-state index is 0.570. The van der Waals surface area contributed by atoms with E-state index in [1.54, 1.807) is 0 Å². The number of anilines is 1. The van der Waals surface area contributed by atoms with Crippen molar-refractivity contribution in [1.29, 1.82) is 0 Å². The Hall–Kier alpha value is -0.760. The van der Waals surface area contributed by atoms with Crippen LogP contribution in [-0.4, -0.2) is 18.1 Å². The molecule has 0 radical (unpaired) electrons. The molecular formula is C14H21ClN2. The second-order valence-corrected chi connectivity index (χ2v) is 5.12. The monoisotopic (exact) mass is 252 g/mol. The summed E-state index contributed by atoms with van der Waals surface area (Å²) in [6, 6.07) is 4.11. The van der Waals surface area contributed by atoms with E-state index < -0.39 is 0 Å². The predicted molar refractivity (Wildman–Crippen MR) is 73.6 cm³/mol. The molecule has 1 aromatic rings. The molecule has 1 atom stereocenters. The van der Waals surface area contributed by atoms with Crippen molar-refractivity contribution in [3.05, 3.63) is 23.9 Å². The number of hydrogen-bond donors (Lipinski definition) is 0. The van der Waals surface area contributed by atoms with Crippen LogP contribution in [0.15, 0.2) is 18.3 Å². The summed E-state index contributed by atoms with van der Waals surface area (Å²) < 4.78 is 0. The maximum Gasteiger partial charge on any atom is 0.128 e. The van der Waals surface area contributed by atoms with Gasteiger partial charge in [0, 0.05) is 25.2 Å². The first-order chi connectivity index (χ1) is 8.33. The fraction of sp³-hybridized carbons (Fsp3) is 0.643. The molecule has 17 heavy (non-hydrogen) atoms. The average molecular weight is 253 g/mol. The normalized spacial score (nSPS) is 21.3. The van der Waals surface area contributed by atoms with E-state index in [2.05, 4.69) is 22.9 Å². The predicted octanol–water partition coefficient (Wildman–Crippen LogP) is 3.84. The third-order valence-electron chi connectivity index (χ3n) is 3.71. The molecule has 1 aliphatic rings. The van der Waals surface area contributed by atoms with Crippen LogP contribution in [0.1, 0.15) is 38.2 Å². The van der Waals surface area contributed by atoms with Crippen LogP contribution in [-0.2, 0) is 5.88 Å². The lowest BCUT2D eigenvalue weighted by molar-refractivity contribution is 0.459. The van der Waals surface area contributed by atoms with Gasteiger partial charge < -0.3 is 4.90 Å². The molecule has 2 nitrogen and oxygen atoms in total. The molecular weight excluding hydrogens is 232 g/mol. The van der Waals surface area contributed by atoms with E-state index in [1.165, 1.54) is 25.7 Å². The highest BCUT2D eigenvalue weighted by atomic mass is 35.5. The topological polar surface area (TPSA) is 16.1 Å². The quantitative estimate of drug-likeness (QED) is 0.760. The molecule has 2 heterocycles. The van der Waals surface area contributed by atoms with Gasteiger partial charge in [0.2, 0.25) is 0 Å². The fourth-order valence-electron chi connectivity index (χ4n) is 2.52. The van der Waals surface area contributed by atoms with Crippen molar-refractivity contribution in [2.24, 2.45) is 5.92 Å². The van der Waals surface area contributed by atoms with Crippen LogP contribution < -0.4 is 4.90 Å². The van der Waals surface area contributed by atoms with Gasteiger partial charge in [0.05, 0.1) is 0 Å². The van der Waals surface area contributed by atoms with Gasteiger partial charge in [-0.15, -0.1) is 11.6 Å². The first kappa shape index (κ1) is 12.7. The number of aromatic nitrogens is 1. The maximum absolute atomic E-state index is 5.87. The molecule has 1 fully saturated rings. The van der Waals surface area contributed by atoms with Gasteiger partial charge in [-0.25, -0.2) is 4.98 Å². The van der Waals surface area contributed by atoms with E-state index in [1.807, 2.05) is 12.3 Å². The summed E-state index contributed by atoms with van der Waals surface area (Å²) in [5.74, 6) is 2.57. The van der Waals surface area contributed by atoms with Gasteiger partial charge in [0.1, 0.15) is 5.82 Å². The van der Waals surface area contributed by atoms with Crippen LogP contribution in [0.3, 0.4) is 0 Å². The summed E-state index contributed by atoms with van der Waals surface area (Å²) in [4.78, 5) is 6.88. The summed E-state index contributed by atoms with van der Waals surface area (Å²) in [5.41, 5.74) is 1.16. The van der Waals surface area contributed by atoms with Gasteiger partial charge >= 0.3 is 0 Å². The Labute approximate surface area is 109 Å². The largest absolute Gasteiger partial charge is 0.357 e. The van der Waals surface area contributed by atoms with Crippen LogP contribution in [0, 0.1) is 5.92 Å². The summed E-state index contributed by atoms with van der Waals surface area (Å²) >= 11 is 5.87. The van der Waals surface area contributed by atoms with Crippen LogP contribution in [0.25, 0.3) is 0 Å². The fourth-order valence-corrected chi connectivity index (χ4v) is 2.69. The van der Waals surface area contributed by atoms with Gasteiger partial charge in [0.25, 0.3) is 0 Å². The van der Waals surface area contributed by atoms with Gasteiger partial charge in [-0.2, -0.15) is 0 Å². The minimum Gasteiger partial charge on any atom is -0.357 e. The van der Waals surface area contributed by atoms with Crippen molar-refractivity contribution in [1.82, 2.24) is 4.98 Å². The van der Waals surface area contributed by atoms with Crippen LogP contribution in [0.2, 0.25) is 0 Å². The third kappa shape index (κ3) is 3.35. The van der Waals surface area contributed by atoms with Gasteiger partial charge in [-0.05, 0) is 42.9 Å². The molecule has 2 rings (SSSR count). The van der Waals surface area contributed by atoms with Crippen molar-refractivity contribution in [3.63, 3.8) is 0 Å². The molecule has 0 spiro atoms. The summed E-state index contributed by atoms with van der Waals surface area (Å²) in [7, 11) is 0. The van der Waals surface area contributed by atoms with Crippen molar-refractivity contribution < 1.29 is 0 Å². The standard InChI is InChI=1S/C14H21ClN2/c1-2-12-4-3-8-17(9-6-12)14-10-13(11-15)5-7-16-14/h5,7,10,12H,2-4,6,8-9,11H2,1H3. The van der Waals surface area contributed by atoms with Gasteiger partial charge in [0.15, 0.2) is 0 Å². The first-order valence-corrected chi connectivity index (χ1v) is 7.12. The molecule has 1 aliphatic heterocycles. The Morgan fingerprint density at radius 3 is 3.06 bits per heavy atom. The number of pyridine rings is 1. The zero-order chi connectivity index (χ0) is 12.1. The SMILES string of the molecule is CCC1CCCN(c2cc(CCl)ccn2)CC1. The maximum atomic E-state index is 5.87. The van der Waals surface area contributed by atoms with Gasteiger partial charge in [-0.3, -0.25) is 0 Å². The van der Waals surface area contributed by atoms with E-state index in [9.17, 15) is 0 Å². The number of nitrogens with zero attached hydrogens (tertiary/aromatic N) is 2. The highest BCUT2D eigenvalue weighted by Gasteiger charge is 2.16. The molecule has 1 aromatic heterocycles. The summed E-state index contributed by atoms with van der Waals surface area (Å²) in [6.45, 7) is 4.57. The molecule has 0 saturated carbocycles. The number of alkyl halides is 1. The van der Waals surface area contributed by atoms with E-state index in [0.29, 0.717) is 5.88 Å². The second kappa shape index (κ2) is 6.25. The van der Waals surface area contributed by atoms with E-state index in [-0.39, 0.29) is 0 Å². The molecule has 1 unspecified atom stereocenters. The summed E-state index contributed by atoms with van der Waals surface area (Å²) in [5, 5.41) is 0. The highest BCUT2D eigenvalue weighted by Crippen LogP contribution is 2.23. The van der Waals surface area contributed by atoms with E-state index >= 15 is 0 Å². The van der Waals surface area contributed by atoms with Gasteiger partial charge in [-0.1, -0.05) is 13.3 Å². The molecule has 0 aliphatic carbocycles. The Morgan fingerprint density at radius 1 is 1.41 bits per heavy atom. The highest BCUT2D eigenvalue weighted by molar-refractivity contribution is 6.17. The molecule has 0 bridgehead atoms. The molecule has 94 valence electrons. The Balaban J connectivity index is 2.05. The minimum absolute atomic E-state index is 0.570. The zero-order valence-electron chi connectivity index (χ0n) is 10.5. The van der Waals surface area contributed by atoms with E-state index in [4.69, 9.17) is 11.6 Å². The first-order valence-electron chi connectivity index (χ1n) is 6.59. The van der Waals surface area contributed by atoms with Crippen LogP contribution >= 0.6 is 11.6 Å². The van der Waals surface area contributed by atoms with Crippen molar-refractivity contribution >= 4 is 17.4 Å². The lowest BCUT2D eigenvalue weighted by Crippen LogP contribution is -2.25. The molecule has 0 N–H and O–H groups in total.